The van der Waals surface area contributed by atoms with Crippen LogP contribution < -0.4 is 5.32 Å². The van der Waals surface area contributed by atoms with Gasteiger partial charge in [0.2, 0.25) is 0 Å². The SMILES string of the molecule is OC[C@@H](NC(c1cccs1)C1CC1)c1ccccc1. The van der Waals surface area contributed by atoms with Crippen molar-refractivity contribution < 1.29 is 5.11 Å². The Morgan fingerprint density at radius 3 is 2.53 bits per heavy atom. The molecule has 0 aliphatic heterocycles. The minimum atomic E-state index is 0.0221. The van der Waals surface area contributed by atoms with Crippen molar-refractivity contribution in [3.8, 4) is 0 Å². The van der Waals surface area contributed by atoms with Gasteiger partial charge in [-0.25, -0.2) is 0 Å². The summed E-state index contributed by atoms with van der Waals surface area (Å²) in [5.41, 5.74) is 1.16. The molecule has 0 saturated heterocycles. The third-order valence-corrected chi connectivity index (χ3v) is 4.66. The van der Waals surface area contributed by atoms with E-state index in [2.05, 4.69) is 35.0 Å². The number of rotatable bonds is 6. The van der Waals surface area contributed by atoms with Gasteiger partial charge >= 0.3 is 0 Å². The molecule has 2 N–H and O–H groups in total. The molecule has 0 bridgehead atoms. The molecule has 1 heterocycles. The van der Waals surface area contributed by atoms with E-state index in [0.717, 1.165) is 11.5 Å². The van der Waals surface area contributed by atoms with Gasteiger partial charge in [0.15, 0.2) is 0 Å². The third-order valence-electron chi connectivity index (χ3n) is 3.71. The molecule has 1 saturated carbocycles. The second-order valence-electron chi connectivity index (χ2n) is 5.14. The molecule has 1 aromatic carbocycles. The molecule has 3 heteroatoms. The van der Waals surface area contributed by atoms with E-state index in [0.29, 0.717) is 6.04 Å². The number of benzene rings is 1. The largest absolute Gasteiger partial charge is 0.394 e. The van der Waals surface area contributed by atoms with Crippen molar-refractivity contribution in [3.05, 3.63) is 58.3 Å². The maximum atomic E-state index is 9.67. The van der Waals surface area contributed by atoms with Crippen molar-refractivity contribution in [1.29, 1.82) is 0 Å². The minimum absolute atomic E-state index is 0.0221. The molecule has 3 rings (SSSR count). The number of hydrogen-bond donors (Lipinski definition) is 2. The first-order chi connectivity index (χ1) is 9.38. The van der Waals surface area contributed by atoms with Crippen molar-refractivity contribution in [2.24, 2.45) is 5.92 Å². The lowest BCUT2D eigenvalue weighted by molar-refractivity contribution is 0.229. The van der Waals surface area contributed by atoms with E-state index in [1.807, 2.05) is 18.2 Å². The van der Waals surface area contributed by atoms with Crippen molar-refractivity contribution in [3.63, 3.8) is 0 Å². The molecule has 1 aromatic heterocycles. The second-order valence-corrected chi connectivity index (χ2v) is 6.12. The van der Waals surface area contributed by atoms with Crippen LogP contribution in [-0.4, -0.2) is 11.7 Å². The van der Waals surface area contributed by atoms with Gasteiger partial charge in [-0.05, 0) is 35.8 Å². The molecule has 0 radical (unpaired) electrons. The van der Waals surface area contributed by atoms with Gasteiger partial charge in [-0.2, -0.15) is 0 Å². The Balaban J connectivity index is 1.77. The number of hydrogen-bond acceptors (Lipinski definition) is 3. The summed E-state index contributed by atoms with van der Waals surface area (Å²) in [6.07, 6.45) is 2.59. The van der Waals surface area contributed by atoms with Crippen LogP contribution in [0.3, 0.4) is 0 Å². The van der Waals surface area contributed by atoms with E-state index in [1.54, 1.807) is 11.3 Å². The molecular weight excluding hydrogens is 254 g/mol. The summed E-state index contributed by atoms with van der Waals surface area (Å²) < 4.78 is 0. The summed E-state index contributed by atoms with van der Waals surface area (Å²) >= 11 is 1.80. The topological polar surface area (TPSA) is 32.3 Å². The number of aliphatic hydroxyl groups excluding tert-OH is 1. The van der Waals surface area contributed by atoms with Gasteiger partial charge in [-0.3, -0.25) is 0 Å². The lowest BCUT2D eigenvalue weighted by Gasteiger charge is -2.24. The molecular formula is C16H19NOS. The zero-order chi connectivity index (χ0) is 13.1. The molecule has 0 amide bonds. The van der Waals surface area contributed by atoms with Crippen LogP contribution in [0.25, 0.3) is 0 Å². The van der Waals surface area contributed by atoms with Gasteiger partial charge in [0.25, 0.3) is 0 Å². The maximum absolute atomic E-state index is 9.67. The molecule has 1 aliphatic rings. The zero-order valence-corrected chi connectivity index (χ0v) is 11.6. The van der Waals surface area contributed by atoms with Crippen LogP contribution >= 0.6 is 11.3 Å². The van der Waals surface area contributed by atoms with Crippen molar-refractivity contribution >= 4 is 11.3 Å². The fraction of sp³-hybridized carbons (Fsp3) is 0.375. The lowest BCUT2D eigenvalue weighted by Crippen LogP contribution is -2.29. The average molecular weight is 273 g/mol. The van der Waals surface area contributed by atoms with Crippen molar-refractivity contribution in [1.82, 2.24) is 5.32 Å². The van der Waals surface area contributed by atoms with Gasteiger partial charge < -0.3 is 10.4 Å². The first kappa shape index (κ1) is 12.9. The molecule has 1 fully saturated rings. The second kappa shape index (κ2) is 5.87. The Hall–Kier alpha value is -1.16. The Bertz CT molecular complexity index is 493. The Labute approximate surface area is 118 Å². The van der Waals surface area contributed by atoms with E-state index >= 15 is 0 Å². The van der Waals surface area contributed by atoms with Gasteiger partial charge in [0, 0.05) is 10.9 Å². The summed E-state index contributed by atoms with van der Waals surface area (Å²) in [5.74, 6) is 0.733. The molecule has 100 valence electrons. The molecule has 2 atom stereocenters. The highest BCUT2D eigenvalue weighted by Crippen LogP contribution is 2.43. The number of aliphatic hydroxyl groups is 1. The van der Waals surface area contributed by atoms with Crippen molar-refractivity contribution in [2.45, 2.75) is 24.9 Å². The van der Waals surface area contributed by atoms with Crippen LogP contribution in [0.4, 0.5) is 0 Å². The summed E-state index contributed by atoms with van der Waals surface area (Å²) in [5, 5.41) is 15.4. The molecule has 2 aromatic rings. The van der Waals surface area contributed by atoms with E-state index in [-0.39, 0.29) is 12.6 Å². The standard InChI is InChI=1S/C16H19NOS/c18-11-14(12-5-2-1-3-6-12)17-16(13-8-9-13)15-7-4-10-19-15/h1-7,10,13-14,16-18H,8-9,11H2/t14-,16?/m1/s1. The smallest absolute Gasteiger partial charge is 0.0626 e. The predicted octanol–water partition coefficient (Wildman–Crippen LogP) is 3.52. The lowest BCUT2D eigenvalue weighted by atomic mass is 10.0. The van der Waals surface area contributed by atoms with Crippen LogP contribution in [0.5, 0.6) is 0 Å². The first-order valence-corrected chi connectivity index (χ1v) is 7.71. The molecule has 1 aliphatic carbocycles. The highest BCUT2D eigenvalue weighted by atomic mass is 32.1. The van der Waals surface area contributed by atoms with Crippen LogP contribution in [0.2, 0.25) is 0 Å². The van der Waals surface area contributed by atoms with Crippen LogP contribution in [0, 0.1) is 5.92 Å². The molecule has 1 unspecified atom stereocenters. The minimum Gasteiger partial charge on any atom is -0.394 e. The zero-order valence-electron chi connectivity index (χ0n) is 10.8. The number of nitrogens with one attached hydrogen (secondary N) is 1. The Morgan fingerprint density at radius 1 is 1.16 bits per heavy atom. The molecule has 0 spiro atoms. The maximum Gasteiger partial charge on any atom is 0.0626 e. The van der Waals surface area contributed by atoms with E-state index in [9.17, 15) is 5.11 Å². The normalized spacial score (nSPS) is 18.2. The third kappa shape index (κ3) is 3.06. The summed E-state index contributed by atoms with van der Waals surface area (Å²) in [4.78, 5) is 1.39. The van der Waals surface area contributed by atoms with Crippen molar-refractivity contribution in [2.75, 3.05) is 6.61 Å². The monoisotopic (exact) mass is 273 g/mol. The predicted molar refractivity (Wildman–Crippen MR) is 79.2 cm³/mol. The fourth-order valence-electron chi connectivity index (χ4n) is 2.50. The first-order valence-electron chi connectivity index (χ1n) is 6.83. The molecule has 2 nitrogen and oxygen atoms in total. The summed E-state index contributed by atoms with van der Waals surface area (Å²) in [6.45, 7) is 0.138. The van der Waals surface area contributed by atoms with Gasteiger partial charge in [-0.1, -0.05) is 36.4 Å². The van der Waals surface area contributed by atoms with E-state index in [4.69, 9.17) is 0 Å². The average Bonchev–Trinajstić information content (AvgIpc) is 3.15. The number of thiophene rings is 1. The Morgan fingerprint density at radius 2 is 1.95 bits per heavy atom. The highest BCUT2D eigenvalue weighted by molar-refractivity contribution is 7.10. The van der Waals surface area contributed by atoms with Gasteiger partial charge in [-0.15, -0.1) is 11.3 Å². The summed E-state index contributed by atoms with van der Waals surface area (Å²) in [6, 6.07) is 14.9. The summed E-state index contributed by atoms with van der Waals surface area (Å²) in [7, 11) is 0. The highest BCUT2D eigenvalue weighted by Gasteiger charge is 2.34. The Kier molecular flexibility index (Phi) is 3.97. The van der Waals surface area contributed by atoms with E-state index < -0.39 is 0 Å². The van der Waals surface area contributed by atoms with Gasteiger partial charge in [0.1, 0.15) is 0 Å². The molecule has 19 heavy (non-hydrogen) atoms. The van der Waals surface area contributed by atoms with Crippen LogP contribution in [-0.2, 0) is 0 Å². The van der Waals surface area contributed by atoms with E-state index in [1.165, 1.54) is 17.7 Å². The fourth-order valence-corrected chi connectivity index (χ4v) is 3.38. The van der Waals surface area contributed by atoms with Gasteiger partial charge in [0.05, 0.1) is 12.6 Å². The van der Waals surface area contributed by atoms with Crippen LogP contribution in [0.15, 0.2) is 47.8 Å². The quantitative estimate of drug-likeness (QED) is 0.844. The van der Waals surface area contributed by atoms with Crippen LogP contribution in [0.1, 0.15) is 35.4 Å².